The molecule has 3 aliphatic heterocycles. The van der Waals surface area contributed by atoms with Crippen LogP contribution in [-0.2, 0) is 28.4 Å². The van der Waals surface area contributed by atoms with Gasteiger partial charge >= 0.3 is 0 Å². The minimum atomic E-state index is -1.82. The van der Waals surface area contributed by atoms with Gasteiger partial charge in [-0.1, -0.05) is 52.3 Å². The van der Waals surface area contributed by atoms with Crippen molar-refractivity contribution < 1.29 is 94.8 Å². The van der Waals surface area contributed by atoms with Crippen LogP contribution in [-0.4, -0.2) is 204 Å². The summed E-state index contributed by atoms with van der Waals surface area (Å²) in [5, 5.41) is 141. The van der Waals surface area contributed by atoms with Crippen LogP contribution in [0.15, 0.2) is 23.3 Å². The van der Waals surface area contributed by atoms with Gasteiger partial charge in [0.2, 0.25) is 0 Å². The highest BCUT2D eigenvalue weighted by molar-refractivity contribution is 5.47. The summed E-state index contributed by atoms with van der Waals surface area (Å²) >= 11 is 0. The molecule has 25 atom stereocenters. The minimum absolute atomic E-state index is 0.0103. The predicted octanol–water partition coefficient (Wildman–Crippen LogP) is -1.13. The first-order valence-corrected chi connectivity index (χ1v) is 24.8. The Morgan fingerprint density at radius 2 is 1.31 bits per heavy atom. The van der Waals surface area contributed by atoms with E-state index in [1.807, 2.05) is 6.92 Å². The molecule has 0 aromatic heterocycles. The highest BCUT2D eigenvalue weighted by Gasteiger charge is 2.69. The van der Waals surface area contributed by atoms with E-state index in [1.165, 1.54) is 12.5 Å². The maximum Gasteiger partial charge on any atom is 0.187 e. The van der Waals surface area contributed by atoms with E-state index in [4.69, 9.17) is 28.4 Å². The van der Waals surface area contributed by atoms with E-state index in [0.29, 0.717) is 44.9 Å². The molecular weight excluding hydrogens is 893 g/mol. The molecule has 0 aromatic rings. The third-order valence-corrected chi connectivity index (χ3v) is 19.5. The van der Waals surface area contributed by atoms with Gasteiger partial charge in [0, 0.05) is 22.9 Å². The van der Waals surface area contributed by atoms with E-state index in [-0.39, 0.29) is 47.9 Å². The fourth-order valence-corrected chi connectivity index (χ4v) is 14.8. The molecule has 19 heteroatoms. The number of rotatable bonds is 12. The summed E-state index contributed by atoms with van der Waals surface area (Å²) in [6, 6.07) is 0. The molecule has 0 radical (unpaired) electrons. The van der Waals surface area contributed by atoms with Gasteiger partial charge in [0.25, 0.3) is 0 Å². The lowest BCUT2D eigenvalue weighted by molar-refractivity contribution is -0.374. The second-order valence-electron chi connectivity index (χ2n) is 23.2. The number of hydrogen-bond donors (Lipinski definition) is 13. The largest absolute Gasteiger partial charge is 0.396 e. The number of aliphatic hydroxyl groups excluding tert-OH is 13. The normalized spacial score (nSPS) is 55.0. The van der Waals surface area contributed by atoms with Gasteiger partial charge < -0.3 is 94.8 Å². The molecule has 0 amide bonds. The highest BCUT2D eigenvalue weighted by Crippen LogP contribution is 2.74. The molecule has 6 fully saturated rings. The van der Waals surface area contributed by atoms with Crippen LogP contribution in [0.25, 0.3) is 0 Å². The van der Waals surface area contributed by atoms with Crippen molar-refractivity contribution in [1.82, 2.24) is 0 Å². The van der Waals surface area contributed by atoms with Crippen molar-refractivity contribution in [2.75, 3.05) is 33.0 Å². The zero-order chi connectivity index (χ0) is 49.7. The van der Waals surface area contributed by atoms with Crippen molar-refractivity contribution >= 4 is 0 Å². The van der Waals surface area contributed by atoms with Gasteiger partial charge in [0.1, 0.15) is 67.1 Å². The molecule has 8 rings (SSSR count). The Balaban J connectivity index is 1.06. The fraction of sp³-hybridized carbons (Fsp3) is 0.918. The average molecular weight is 973 g/mol. The van der Waals surface area contributed by atoms with E-state index in [1.54, 1.807) is 0 Å². The molecule has 68 heavy (non-hydrogen) atoms. The van der Waals surface area contributed by atoms with Crippen LogP contribution in [0, 0.1) is 44.3 Å². The summed E-state index contributed by atoms with van der Waals surface area (Å²) < 4.78 is 36.1. The van der Waals surface area contributed by atoms with Crippen molar-refractivity contribution in [2.24, 2.45) is 44.3 Å². The third-order valence-electron chi connectivity index (χ3n) is 19.5. The Morgan fingerprint density at radius 1 is 0.662 bits per heavy atom. The topological polar surface area (TPSA) is 318 Å². The third kappa shape index (κ3) is 8.23. The maximum atomic E-state index is 12.2. The maximum absolute atomic E-state index is 12.2. The molecule has 5 aliphatic carbocycles. The Hall–Kier alpha value is -1.28. The van der Waals surface area contributed by atoms with E-state index in [0.717, 1.165) is 18.4 Å². The van der Waals surface area contributed by atoms with Crippen molar-refractivity contribution in [2.45, 2.75) is 204 Å². The molecular formula is C49H80O19. The molecule has 3 unspecified atom stereocenters. The fourth-order valence-electron chi connectivity index (χ4n) is 14.8. The summed E-state index contributed by atoms with van der Waals surface area (Å²) in [5.41, 5.74) is -0.686. The molecule has 3 saturated heterocycles. The van der Waals surface area contributed by atoms with Gasteiger partial charge in [-0.15, -0.1) is 0 Å². The second kappa shape index (κ2) is 19.2. The number of fused-ring (bicyclic) bond motifs is 6. The Bertz CT molecular complexity index is 1850. The molecule has 390 valence electrons. The highest BCUT2D eigenvalue weighted by atomic mass is 16.8. The van der Waals surface area contributed by atoms with Crippen LogP contribution in [0.1, 0.15) is 99.3 Å². The van der Waals surface area contributed by atoms with Crippen LogP contribution in [0.4, 0.5) is 0 Å². The Morgan fingerprint density at radius 3 is 1.97 bits per heavy atom. The number of aliphatic hydroxyl groups is 13. The van der Waals surface area contributed by atoms with Gasteiger partial charge in [-0.05, 0) is 98.4 Å². The van der Waals surface area contributed by atoms with Gasteiger partial charge in [-0.25, -0.2) is 0 Å². The summed E-state index contributed by atoms with van der Waals surface area (Å²) in [6.45, 7) is 10.8. The Kier molecular flexibility index (Phi) is 15.0. The second-order valence-corrected chi connectivity index (χ2v) is 23.2. The van der Waals surface area contributed by atoms with Crippen molar-refractivity contribution in [3.63, 3.8) is 0 Å². The summed E-state index contributed by atoms with van der Waals surface area (Å²) in [5.74, 6) is -0.108. The predicted molar refractivity (Wildman–Crippen MR) is 237 cm³/mol. The minimum Gasteiger partial charge on any atom is -0.396 e. The van der Waals surface area contributed by atoms with Crippen LogP contribution in [0.3, 0.4) is 0 Å². The SMILES string of the molecule is C[C@H]1O[C@@H](O[C@H]2[C@H](O)[C@@H](O)[C@H](O[C@H]3CC[C@@]4(C)C(CC[C@]5(C)C4C=CC4=C6C[C@](C)(CCO)CCC6(CO)[C@H](O)C[C@]45C)[C@]3(C)CO)O[C@@H]2CO[C@@H]2O[C@H](CO)[C@@H](O)[C@H](O)[C@H]2O)[C@H](O)[C@H](O)[C@@H]1O. The summed E-state index contributed by atoms with van der Waals surface area (Å²) in [6.07, 6.45) is -15.1. The molecule has 0 spiro atoms. The molecule has 13 N–H and O–H groups in total. The van der Waals surface area contributed by atoms with Crippen LogP contribution in [0.5, 0.6) is 0 Å². The molecule has 0 aromatic carbocycles. The van der Waals surface area contributed by atoms with E-state index < -0.39 is 134 Å². The molecule has 0 bridgehead atoms. The smallest absolute Gasteiger partial charge is 0.187 e. The quantitative estimate of drug-likeness (QED) is 0.103. The number of hydrogen-bond acceptors (Lipinski definition) is 19. The molecule has 19 nitrogen and oxygen atoms in total. The molecule has 3 heterocycles. The standard InChI is InChI=1S/C49H80O19/c1-23-32(55)34(57)38(61)42(64-23)68-40-27(20-63-41-37(60)35(58)33(56)26(19-51)65-41)66-43(39(62)36(40)59)67-31-10-11-45(3)28(46(31,4)21-52)9-12-47(5)29(45)8-7-24-25-17-44(2,15-16-50)13-14-49(25,22-53)30(54)18-48(24,47)6/h7-8,23,26-43,50-62H,9-22H2,1-6H3/t23-,26-,27-,28?,29?,30-,31+,32-,33-,34-,35+,36-,37-,38-,39-,40-,41-,42+,43+,44+,45+,46+,47-,48-,49?/m1/s1. The van der Waals surface area contributed by atoms with Crippen molar-refractivity contribution in [3.05, 3.63) is 23.3 Å². The first-order valence-electron chi connectivity index (χ1n) is 24.8. The van der Waals surface area contributed by atoms with E-state index in [2.05, 4.69) is 39.8 Å². The lowest BCUT2D eigenvalue weighted by atomic mass is 9.35. The van der Waals surface area contributed by atoms with Crippen LogP contribution < -0.4 is 0 Å². The van der Waals surface area contributed by atoms with Gasteiger partial charge in [0.15, 0.2) is 18.9 Å². The number of ether oxygens (including phenoxy) is 6. The van der Waals surface area contributed by atoms with Crippen LogP contribution in [0.2, 0.25) is 0 Å². The lowest BCUT2D eigenvalue weighted by Crippen LogP contribution is -2.67. The average Bonchev–Trinajstić information content (AvgIpc) is 3.30. The first kappa shape index (κ1) is 53.0. The number of allylic oxidation sites excluding steroid dienone is 3. The Labute approximate surface area is 398 Å². The molecule has 3 saturated carbocycles. The summed E-state index contributed by atoms with van der Waals surface area (Å²) in [7, 11) is 0. The van der Waals surface area contributed by atoms with E-state index in [9.17, 15) is 66.4 Å². The zero-order valence-corrected chi connectivity index (χ0v) is 40.3. The van der Waals surface area contributed by atoms with Gasteiger partial charge in [-0.3, -0.25) is 0 Å². The lowest BCUT2D eigenvalue weighted by Gasteiger charge is -2.70. The van der Waals surface area contributed by atoms with Gasteiger partial charge in [-0.2, -0.15) is 0 Å². The zero-order valence-electron chi connectivity index (χ0n) is 40.3. The monoisotopic (exact) mass is 973 g/mol. The molecule has 8 aliphatic rings. The van der Waals surface area contributed by atoms with Crippen LogP contribution >= 0.6 is 0 Å². The van der Waals surface area contributed by atoms with Crippen molar-refractivity contribution in [3.8, 4) is 0 Å². The van der Waals surface area contributed by atoms with Gasteiger partial charge in [0.05, 0.1) is 44.7 Å². The summed E-state index contributed by atoms with van der Waals surface area (Å²) in [4.78, 5) is 0. The van der Waals surface area contributed by atoms with E-state index >= 15 is 0 Å². The van der Waals surface area contributed by atoms with Crippen molar-refractivity contribution in [1.29, 1.82) is 0 Å². The first-order chi connectivity index (χ1) is 31.9.